The number of nitrogens with one attached hydrogen (secondary N) is 1. The average molecular weight is 232 g/mol. The lowest BCUT2D eigenvalue weighted by molar-refractivity contribution is -0.132. The molecule has 0 aromatic heterocycles. The molecular weight excluding hydrogens is 212 g/mol. The standard InChI is InChI=1S/C10H20N2O2S/c13-10(2-8-14-7-1-9-15)12-5-3-11-4-6-12/h11,15H,1-9H2. The van der Waals surface area contributed by atoms with E-state index < -0.39 is 0 Å². The van der Waals surface area contributed by atoms with E-state index >= 15 is 0 Å². The van der Waals surface area contributed by atoms with Gasteiger partial charge in [-0.05, 0) is 12.2 Å². The molecule has 1 heterocycles. The number of amides is 1. The molecule has 1 aliphatic heterocycles. The molecule has 1 saturated heterocycles. The van der Waals surface area contributed by atoms with Gasteiger partial charge in [-0.1, -0.05) is 0 Å². The number of piperazine rings is 1. The lowest BCUT2D eigenvalue weighted by Gasteiger charge is -2.27. The van der Waals surface area contributed by atoms with Crippen molar-refractivity contribution in [2.75, 3.05) is 45.1 Å². The van der Waals surface area contributed by atoms with E-state index in [2.05, 4.69) is 17.9 Å². The summed E-state index contributed by atoms with van der Waals surface area (Å²) in [7, 11) is 0. The van der Waals surface area contributed by atoms with Gasteiger partial charge in [0, 0.05) is 32.8 Å². The largest absolute Gasteiger partial charge is 0.381 e. The summed E-state index contributed by atoms with van der Waals surface area (Å²) in [6.45, 7) is 4.72. The highest BCUT2D eigenvalue weighted by atomic mass is 32.1. The molecule has 0 bridgehead atoms. The number of ether oxygens (including phenoxy) is 1. The fraction of sp³-hybridized carbons (Fsp3) is 0.900. The van der Waals surface area contributed by atoms with Gasteiger partial charge in [0.2, 0.25) is 5.91 Å². The van der Waals surface area contributed by atoms with Crippen molar-refractivity contribution in [3.63, 3.8) is 0 Å². The molecule has 0 spiro atoms. The molecule has 0 unspecified atom stereocenters. The molecule has 88 valence electrons. The maximum Gasteiger partial charge on any atom is 0.224 e. The number of hydrogen-bond donors (Lipinski definition) is 2. The number of thiol groups is 1. The third-order valence-electron chi connectivity index (χ3n) is 2.38. The van der Waals surface area contributed by atoms with Crippen LogP contribution in [0.4, 0.5) is 0 Å². The van der Waals surface area contributed by atoms with Gasteiger partial charge in [-0.3, -0.25) is 4.79 Å². The summed E-state index contributed by atoms with van der Waals surface area (Å²) in [5.41, 5.74) is 0. The Morgan fingerprint density at radius 2 is 2.07 bits per heavy atom. The van der Waals surface area contributed by atoms with E-state index in [0.29, 0.717) is 19.6 Å². The molecule has 0 aliphatic carbocycles. The Balaban J connectivity index is 2.02. The Morgan fingerprint density at radius 1 is 1.33 bits per heavy atom. The van der Waals surface area contributed by atoms with Gasteiger partial charge in [-0.15, -0.1) is 0 Å². The minimum atomic E-state index is 0.211. The predicted molar refractivity (Wildman–Crippen MR) is 63.4 cm³/mol. The molecule has 1 N–H and O–H groups in total. The molecule has 4 nitrogen and oxygen atoms in total. The van der Waals surface area contributed by atoms with E-state index in [1.807, 2.05) is 4.90 Å². The van der Waals surface area contributed by atoms with Crippen LogP contribution >= 0.6 is 12.6 Å². The Kier molecular flexibility index (Phi) is 6.80. The SMILES string of the molecule is O=C(CCOCCCS)N1CCNCC1. The maximum absolute atomic E-state index is 11.6. The monoisotopic (exact) mass is 232 g/mol. The van der Waals surface area contributed by atoms with Crippen LogP contribution in [-0.2, 0) is 9.53 Å². The summed E-state index contributed by atoms with van der Waals surface area (Å²) < 4.78 is 5.32. The van der Waals surface area contributed by atoms with E-state index in [1.54, 1.807) is 0 Å². The molecule has 0 aromatic carbocycles. The van der Waals surface area contributed by atoms with Crippen LogP contribution in [0.1, 0.15) is 12.8 Å². The fourth-order valence-corrected chi connectivity index (χ4v) is 1.63. The van der Waals surface area contributed by atoms with Crippen LogP contribution in [0.2, 0.25) is 0 Å². The first-order valence-electron chi connectivity index (χ1n) is 5.51. The van der Waals surface area contributed by atoms with E-state index in [9.17, 15) is 4.79 Å². The molecule has 1 amide bonds. The zero-order valence-electron chi connectivity index (χ0n) is 9.07. The van der Waals surface area contributed by atoms with Crippen molar-refractivity contribution in [1.29, 1.82) is 0 Å². The summed E-state index contributed by atoms with van der Waals surface area (Å²) in [5, 5.41) is 3.22. The van der Waals surface area contributed by atoms with E-state index in [-0.39, 0.29) is 5.91 Å². The van der Waals surface area contributed by atoms with E-state index in [0.717, 1.165) is 38.4 Å². The van der Waals surface area contributed by atoms with Gasteiger partial charge >= 0.3 is 0 Å². The molecule has 5 heteroatoms. The number of nitrogens with zero attached hydrogens (tertiary/aromatic N) is 1. The zero-order chi connectivity index (χ0) is 10.9. The maximum atomic E-state index is 11.6. The number of hydrogen-bond acceptors (Lipinski definition) is 4. The molecule has 0 saturated carbocycles. The second-order valence-corrected chi connectivity index (χ2v) is 4.02. The second kappa shape index (κ2) is 7.96. The Hall–Kier alpha value is -0.260. The molecular formula is C10H20N2O2S. The molecule has 1 rings (SSSR count). The second-order valence-electron chi connectivity index (χ2n) is 3.57. The van der Waals surface area contributed by atoms with Crippen LogP contribution in [0.25, 0.3) is 0 Å². The van der Waals surface area contributed by atoms with Crippen LogP contribution < -0.4 is 5.32 Å². The van der Waals surface area contributed by atoms with Crippen molar-refractivity contribution in [2.24, 2.45) is 0 Å². The summed E-state index contributed by atoms with van der Waals surface area (Å²) in [5.74, 6) is 1.05. The lowest BCUT2D eigenvalue weighted by Crippen LogP contribution is -2.46. The van der Waals surface area contributed by atoms with Gasteiger partial charge < -0.3 is 15.0 Å². The highest BCUT2D eigenvalue weighted by Crippen LogP contribution is 1.97. The number of rotatable bonds is 6. The van der Waals surface area contributed by atoms with E-state index in [4.69, 9.17) is 4.74 Å². The highest BCUT2D eigenvalue weighted by Gasteiger charge is 2.15. The molecule has 1 fully saturated rings. The smallest absolute Gasteiger partial charge is 0.224 e. The first-order valence-corrected chi connectivity index (χ1v) is 6.15. The molecule has 0 radical (unpaired) electrons. The summed E-state index contributed by atoms with van der Waals surface area (Å²) in [6.07, 6.45) is 1.46. The van der Waals surface area contributed by atoms with Crippen molar-refractivity contribution in [1.82, 2.24) is 10.2 Å². The Morgan fingerprint density at radius 3 is 2.73 bits per heavy atom. The molecule has 15 heavy (non-hydrogen) atoms. The quantitative estimate of drug-likeness (QED) is 0.506. The summed E-state index contributed by atoms with van der Waals surface area (Å²) in [4.78, 5) is 13.5. The van der Waals surface area contributed by atoms with Crippen LogP contribution in [0, 0.1) is 0 Å². The van der Waals surface area contributed by atoms with Crippen LogP contribution in [0.15, 0.2) is 0 Å². The highest BCUT2D eigenvalue weighted by molar-refractivity contribution is 7.80. The topological polar surface area (TPSA) is 41.6 Å². The van der Waals surface area contributed by atoms with Gasteiger partial charge in [0.15, 0.2) is 0 Å². The average Bonchev–Trinajstić information content (AvgIpc) is 2.30. The van der Waals surface area contributed by atoms with E-state index in [1.165, 1.54) is 0 Å². The van der Waals surface area contributed by atoms with Crippen LogP contribution in [0.3, 0.4) is 0 Å². The third kappa shape index (κ3) is 5.39. The predicted octanol–water partition coefficient (Wildman–Crippen LogP) is 0.145. The van der Waals surface area contributed by atoms with Crippen molar-refractivity contribution >= 4 is 18.5 Å². The molecule has 0 atom stereocenters. The minimum absolute atomic E-state index is 0.211. The fourth-order valence-electron chi connectivity index (χ4n) is 1.50. The van der Waals surface area contributed by atoms with Gasteiger partial charge in [0.25, 0.3) is 0 Å². The van der Waals surface area contributed by atoms with Crippen LogP contribution in [-0.4, -0.2) is 56.0 Å². The van der Waals surface area contributed by atoms with Crippen molar-refractivity contribution in [3.8, 4) is 0 Å². The van der Waals surface area contributed by atoms with Gasteiger partial charge in [0.1, 0.15) is 0 Å². The van der Waals surface area contributed by atoms with Gasteiger partial charge in [-0.25, -0.2) is 0 Å². The number of carbonyl (C=O) groups excluding carboxylic acids is 1. The Labute approximate surface area is 96.8 Å². The van der Waals surface area contributed by atoms with Crippen molar-refractivity contribution < 1.29 is 9.53 Å². The Bertz CT molecular complexity index is 184. The summed E-state index contributed by atoms with van der Waals surface area (Å²) in [6, 6.07) is 0. The summed E-state index contributed by atoms with van der Waals surface area (Å²) >= 11 is 4.08. The minimum Gasteiger partial charge on any atom is -0.381 e. The van der Waals surface area contributed by atoms with Gasteiger partial charge in [0.05, 0.1) is 13.0 Å². The number of carbonyl (C=O) groups is 1. The van der Waals surface area contributed by atoms with Crippen LogP contribution in [0.5, 0.6) is 0 Å². The normalized spacial score (nSPS) is 16.7. The lowest BCUT2D eigenvalue weighted by atomic mass is 10.3. The first-order chi connectivity index (χ1) is 7.34. The zero-order valence-corrected chi connectivity index (χ0v) is 9.97. The van der Waals surface area contributed by atoms with Gasteiger partial charge in [-0.2, -0.15) is 12.6 Å². The van der Waals surface area contributed by atoms with Crippen molar-refractivity contribution in [2.45, 2.75) is 12.8 Å². The third-order valence-corrected chi connectivity index (χ3v) is 2.69. The molecule has 1 aliphatic rings. The van der Waals surface area contributed by atoms with Crippen molar-refractivity contribution in [3.05, 3.63) is 0 Å². The first kappa shape index (κ1) is 12.8. The molecule has 0 aromatic rings.